The largest absolute Gasteiger partial charge is 0.390 e. The lowest BCUT2D eigenvalue weighted by Crippen LogP contribution is -2.18. The predicted octanol–water partition coefficient (Wildman–Crippen LogP) is 2.56. The molecule has 0 fully saturated rings. The van der Waals surface area contributed by atoms with Crippen LogP contribution in [0.1, 0.15) is 33.1 Å². The van der Waals surface area contributed by atoms with Gasteiger partial charge in [-0.1, -0.05) is 19.4 Å². The van der Waals surface area contributed by atoms with Gasteiger partial charge in [0.1, 0.15) is 0 Å². The van der Waals surface area contributed by atoms with E-state index in [0.717, 1.165) is 19.3 Å². The van der Waals surface area contributed by atoms with Gasteiger partial charge >= 0.3 is 0 Å². The van der Waals surface area contributed by atoms with Crippen LogP contribution in [0, 0.1) is 12.8 Å². The minimum atomic E-state index is -0.749. The summed E-state index contributed by atoms with van der Waals surface area (Å²) in [5.74, 6) is 0.553. The third kappa shape index (κ3) is 7.60. The minimum absolute atomic E-state index is 0.553. The van der Waals surface area contributed by atoms with Crippen molar-refractivity contribution in [3.8, 4) is 0 Å². The molecule has 2 atom stereocenters. The Hall–Kier alpha value is -0.300. The van der Waals surface area contributed by atoms with Crippen LogP contribution in [0.15, 0.2) is 12.7 Å². The highest BCUT2D eigenvalue weighted by atomic mass is 16.3. The van der Waals surface area contributed by atoms with E-state index in [1.807, 2.05) is 6.08 Å². The van der Waals surface area contributed by atoms with E-state index in [1.54, 1.807) is 6.92 Å². The zero-order chi connectivity index (χ0) is 8.91. The van der Waals surface area contributed by atoms with E-state index >= 15 is 0 Å². The number of allylic oxidation sites excluding steroid dienone is 1. The Morgan fingerprint density at radius 2 is 2.18 bits per heavy atom. The third-order valence-corrected chi connectivity index (χ3v) is 1.78. The van der Waals surface area contributed by atoms with E-state index < -0.39 is 5.60 Å². The molecule has 2 unspecified atom stereocenters. The first kappa shape index (κ1) is 10.7. The monoisotopic (exact) mass is 155 g/mol. The topological polar surface area (TPSA) is 20.2 Å². The molecule has 0 aliphatic carbocycles. The van der Waals surface area contributed by atoms with Crippen molar-refractivity contribution in [3.63, 3.8) is 0 Å². The van der Waals surface area contributed by atoms with Gasteiger partial charge < -0.3 is 5.11 Å². The van der Waals surface area contributed by atoms with Crippen LogP contribution < -0.4 is 0 Å². The van der Waals surface area contributed by atoms with E-state index in [1.165, 1.54) is 0 Å². The Bertz CT molecular complexity index is 111. The normalized spacial score (nSPS) is 14.5. The first-order valence-electron chi connectivity index (χ1n) is 4.16. The van der Waals surface area contributed by atoms with Gasteiger partial charge in [-0.15, -0.1) is 6.58 Å². The van der Waals surface area contributed by atoms with Crippen LogP contribution in [0.5, 0.6) is 0 Å². The molecule has 65 valence electrons. The molecule has 0 aliphatic heterocycles. The van der Waals surface area contributed by atoms with Gasteiger partial charge in [0.05, 0.1) is 5.60 Å². The van der Waals surface area contributed by atoms with Gasteiger partial charge in [0.2, 0.25) is 0 Å². The highest BCUT2D eigenvalue weighted by molar-refractivity contribution is 4.78. The van der Waals surface area contributed by atoms with Crippen molar-refractivity contribution >= 4 is 0 Å². The maximum Gasteiger partial charge on any atom is 0.0620 e. The lowest BCUT2D eigenvalue weighted by molar-refractivity contribution is 0.0949. The summed E-state index contributed by atoms with van der Waals surface area (Å²) in [6.45, 7) is 11.2. The van der Waals surface area contributed by atoms with Crippen molar-refractivity contribution in [2.45, 2.75) is 38.7 Å². The maximum atomic E-state index is 9.27. The lowest BCUT2D eigenvalue weighted by atomic mass is 9.97. The third-order valence-electron chi connectivity index (χ3n) is 1.78. The smallest absolute Gasteiger partial charge is 0.0620 e. The van der Waals surface area contributed by atoms with Gasteiger partial charge in [-0.25, -0.2) is 0 Å². The highest BCUT2D eigenvalue weighted by Crippen LogP contribution is 2.15. The van der Waals surface area contributed by atoms with Gasteiger partial charge in [0.25, 0.3) is 0 Å². The van der Waals surface area contributed by atoms with E-state index in [-0.39, 0.29) is 0 Å². The van der Waals surface area contributed by atoms with Crippen molar-refractivity contribution < 1.29 is 5.11 Å². The fourth-order valence-electron chi connectivity index (χ4n) is 0.923. The van der Waals surface area contributed by atoms with Crippen LogP contribution in [-0.4, -0.2) is 10.7 Å². The lowest BCUT2D eigenvalue weighted by Gasteiger charge is -2.16. The van der Waals surface area contributed by atoms with Gasteiger partial charge in [0.15, 0.2) is 0 Å². The molecule has 0 aromatic heterocycles. The minimum Gasteiger partial charge on any atom is -0.390 e. The van der Waals surface area contributed by atoms with Crippen molar-refractivity contribution in [1.29, 1.82) is 0 Å². The highest BCUT2D eigenvalue weighted by Gasteiger charge is 2.11. The van der Waals surface area contributed by atoms with Crippen molar-refractivity contribution in [1.82, 2.24) is 0 Å². The Morgan fingerprint density at radius 3 is 2.55 bits per heavy atom. The predicted molar refractivity (Wildman–Crippen MR) is 49.2 cm³/mol. The molecule has 1 radical (unpaired) electrons. The molecule has 0 amide bonds. The number of aliphatic hydroxyl groups is 1. The molecule has 0 aromatic rings. The van der Waals surface area contributed by atoms with E-state index in [0.29, 0.717) is 5.92 Å². The molecule has 1 N–H and O–H groups in total. The van der Waals surface area contributed by atoms with Crippen LogP contribution in [0.3, 0.4) is 0 Å². The van der Waals surface area contributed by atoms with Crippen molar-refractivity contribution in [2.24, 2.45) is 5.92 Å². The molecule has 11 heavy (non-hydrogen) atoms. The van der Waals surface area contributed by atoms with Crippen molar-refractivity contribution in [3.05, 3.63) is 19.6 Å². The quantitative estimate of drug-likeness (QED) is 0.605. The standard InChI is InChI=1S/C10H19O/c1-5-9(2)7-6-8-10(3,4)11/h5,9,11H,1,3,6-8H2,2,4H3. The average Bonchev–Trinajstić information content (AvgIpc) is 1.85. The zero-order valence-corrected chi connectivity index (χ0v) is 7.64. The second-order valence-electron chi connectivity index (χ2n) is 3.60. The molecular formula is C10H19O. The summed E-state index contributed by atoms with van der Waals surface area (Å²) in [6, 6.07) is 0. The molecule has 1 heteroatoms. The van der Waals surface area contributed by atoms with Crippen LogP contribution >= 0.6 is 0 Å². The molecule has 0 bridgehead atoms. The second-order valence-corrected chi connectivity index (χ2v) is 3.60. The van der Waals surface area contributed by atoms with Crippen LogP contribution in [0.4, 0.5) is 0 Å². The van der Waals surface area contributed by atoms with Gasteiger partial charge in [0, 0.05) is 0 Å². The van der Waals surface area contributed by atoms with Crippen LogP contribution in [0.25, 0.3) is 0 Å². The molecule has 0 rings (SSSR count). The second kappa shape index (κ2) is 4.55. The zero-order valence-electron chi connectivity index (χ0n) is 7.64. The summed E-state index contributed by atoms with van der Waals surface area (Å²) < 4.78 is 0. The van der Waals surface area contributed by atoms with Crippen molar-refractivity contribution in [2.75, 3.05) is 0 Å². The Labute approximate surface area is 70.1 Å². The fourth-order valence-corrected chi connectivity index (χ4v) is 0.923. The van der Waals surface area contributed by atoms with E-state index in [4.69, 9.17) is 0 Å². The summed E-state index contributed by atoms with van der Waals surface area (Å²) in [5, 5.41) is 9.27. The average molecular weight is 155 g/mol. The molecule has 0 aliphatic rings. The molecule has 0 spiro atoms. The fraction of sp³-hybridized carbons (Fsp3) is 0.700. The number of rotatable bonds is 5. The molecule has 0 saturated heterocycles. The summed E-state index contributed by atoms with van der Waals surface area (Å²) in [5.41, 5.74) is -0.749. The summed E-state index contributed by atoms with van der Waals surface area (Å²) in [7, 11) is 0. The first-order valence-corrected chi connectivity index (χ1v) is 4.16. The Balaban J connectivity index is 3.35. The summed E-state index contributed by atoms with van der Waals surface area (Å²) in [4.78, 5) is 0. The van der Waals surface area contributed by atoms with Crippen LogP contribution in [-0.2, 0) is 0 Å². The van der Waals surface area contributed by atoms with Gasteiger partial charge in [-0.05, 0) is 32.6 Å². The SMILES string of the molecule is [CH2]C(C)(O)CCCC(C)C=C. The molecular weight excluding hydrogens is 136 g/mol. The summed E-state index contributed by atoms with van der Waals surface area (Å²) >= 11 is 0. The van der Waals surface area contributed by atoms with Gasteiger partial charge in [-0.3, -0.25) is 0 Å². The number of hydrogen-bond acceptors (Lipinski definition) is 1. The van der Waals surface area contributed by atoms with Crippen LogP contribution in [0.2, 0.25) is 0 Å². The maximum absolute atomic E-state index is 9.27. The molecule has 0 aromatic carbocycles. The first-order chi connectivity index (χ1) is 4.95. The van der Waals surface area contributed by atoms with E-state index in [9.17, 15) is 5.11 Å². The Morgan fingerprint density at radius 1 is 1.64 bits per heavy atom. The molecule has 0 heterocycles. The summed E-state index contributed by atoms with van der Waals surface area (Å²) in [6.07, 6.45) is 4.82. The van der Waals surface area contributed by atoms with Gasteiger partial charge in [-0.2, -0.15) is 0 Å². The molecule has 1 nitrogen and oxygen atoms in total. The Kier molecular flexibility index (Phi) is 4.43. The number of hydrogen-bond donors (Lipinski definition) is 1. The van der Waals surface area contributed by atoms with E-state index in [2.05, 4.69) is 20.4 Å². The molecule has 0 saturated carbocycles.